The summed E-state index contributed by atoms with van der Waals surface area (Å²) in [7, 11) is -4.40. The van der Waals surface area contributed by atoms with E-state index in [0.717, 1.165) is 44.9 Å². The van der Waals surface area contributed by atoms with Crippen molar-refractivity contribution in [3.8, 4) is 0 Å². The molecule has 27 heavy (non-hydrogen) atoms. The number of unbranched alkanes of at least 4 members (excludes halogenated alkanes) is 12. The summed E-state index contributed by atoms with van der Waals surface area (Å²) in [4.78, 5) is 12.0. The molecule has 0 rings (SSSR count). The van der Waals surface area contributed by atoms with Gasteiger partial charge in [0.2, 0.25) is 0 Å². The van der Waals surface area contributed by atoms with Crippen LogP contribution in [0.15, 0.2) is 0 Å². The second-order valence-corrected chi connectivity index (χ2v) is 8.80. The molecule has 1 unspecified atom stereocenters. The zero-order chi connectivity index (χ0) is 19.7. The number of carbonyl (C=O) groups is 1. The van der Waals surface area contributed by atoms with Crippen LogP contribution < -0.4 is 29.6 Å². The molecule has 0 radical (unpaired) electrons. The van der Waals surface area contributed by atoms with E-state index < -0.39 is 21.3 Å². The molecule has 0 saturated carbocycles. The van der Waals surface area contributed by atoms with Crippen LogP contribution in [0.5, 0.6) is 0 Å². The summed E-state index contributed by atoms with van der Waals surface area (Å²) in [6, 6.07) is 0. The van der Waals surface area contributed by atoms with Crippen molar-refractivity contribution in [2.24, 2.45) is 0 Å². The number of ether oxygens (including phenoxy) is 1. The van der Waals surface area contributed by atoms with Gasteiger partial charge in [0.25, 0.3) is 10.1 Å². The van der Waals surface area contributed by atoms with E-state index >= 15 is 0 Å². The normalized spacial score (nSPS) is 12.4. The van der Waals surface area contributed by atoms with Crippen LogP contribution in [0.4, 0.5) is 0 Å². The van der Waals surface area contributed by atoms with Crippen molar-refractivity contribution in [1.29, 1.82) is 0 Å². The molecule has 0 fully saturated rings. The number of carbonyl (C=O) groups excluding carboxylic acids is 1. The van der Waals surface area contributed by atoms with Crippen LogP contribution in [-0.2, 0) is 19.6 Å². The molecule has 0 aliphatic heterocycles. The van der Waals surface area contributed by atoms with E-state index in [1.165, 1.54) is 38.5 Å². The second kappa shape index (κ2) is 19.7. The molecule has 0 bridgehead atoms. The van der Waals surface area contributed by atoms with Gasteiger partial charge < -0.3 is 6.16 Å². The Balaban J connectivity index is -0.00000312. The van der Waals surface area contributed by atoms with Gasteiger partial charge in [-0.25, -0.2) is 0 Å². The largest absolute Gasteiger partial charge is 1.00 e. The molecule has 1 atom stereocenters. The quantitative estimate of drug-likeness (QED) is 0.161. The average molecular weight is 417 g/mol. The minimum atomic E-state index is -4.40. The van der Waals surface area contributed by atoms with Crippen LogP contribution in [0.2, 0.25) is 0 Å². The molecule has 1 N–H and O–H groups in total. The molecular weight excluding hydrogens is 375 g/mol. The molecule has 0 aromatic carbocycles. The van der Waals surface area contributed by atoms with Crippen LogP contribution in [-0.4, -0.2) is 30.8 Å². The third kappa shape index (κ3) is 18.2. The van der Waals surface area contributed by atoms with Gasteiger partial charge in [0, 0.05) is 0 Å². The summed E-state index contributed by atoms with van der Waals surface area (Å²) in [6.45, 7) is 4.53. The predicted molar refractivity (Wildman–Crippen MR) is 108 cm³/mol. The van der Waals surface area contributed by atoms with Crippen LogP contribution in [0.1, 0.15) is 112 Å². The smallest absolute Gasteiger partial charge is 1.00 e. The van der Waals surface area contributed by atoms with Crippen molar-refractivity contribution < 1.29 is 53.5 Å². The molecule has 0 saturated heterocycles. The van der Waals surface area contributed by atoms with Gasteiger partial charge >= 0.3 is 35.5 Å². The summed E-state index contributed by atoms with van der Waals surface area (Å²) in [5.74, 6) is -0.806. The Morgan fingerprint density at radius 2 is 1.22 bits per heavy atom. The molecule has 0 amide bonds. The summed E-state index contributed by atoms with van der Waals surface area (Å²) < 4.78 is 37.3. The van der Waals surface area contributed by atoms with E-state index in [0.29, 0.717) is 6.42 Å². The number of esters is 1. The zero-order valence-electron chi connectivity index (χ0n) is 18.9. The second-order valence-electron chi connectivity index (χ2n) is 7.20. The van der Waals surface area contributed by atoms with Crippen molar-refractivity contribution in [2.75, 3.05) is 6.61 Å². The van der Waals surface area contributed by atoms with E-state index in [4.69, 9.17) is 4.74 Å². The van der Waals surface area contributed by atoms with Gasteiger partial charge in [0.1, 0.15) is 0 Å². The third-order valence-electron chi connectivity index (χ3n) is 4.68. The minimum absolute atomic E-state index is 0. The summed E-state index contributed by atoms with van der Waals surface area (Å²) in [6.07, 6.45) is 15.3. The number of hydrogen-bond donors (Lipinski definition) is 1. The van der Waals surface area contributed by atoms with E-state index in [-0.39, 0.29) is 44.0 Å². The summed E-state index contributed by atoms with van der Waals surface area (Å²) in [5, 5.41) is -1.43. The first-order valence-electron chi connectivity index (χ1n) is 10.6. The maximum Gasteiger partial charge on any atom is 1.00 e. The molecule has 0 aliphatic rings. The Bertz CT molecular complexity index is 446. The molecule has 0 heterocycles. The first kappa shape index (κ1) is 29.6. The maximum absolute atomic E-state index is 12.0. The van der Waals surface area contributed by atoms with E-state index in [2.05, 4.69) is 13.8 Å². The van der Waals surface area contributed by atoms with Gasteiger partial charge in [-0.3, -0.25) is 9.35 Å². The van der Waals surface area contributed by atoms with E-state index in [1.807, 2.05) is 0 Å². The molecule has 5 nitrogen and oxygen atoms in total. The van der Waals surface area contributed by atoms with Gasteiger partial charge in [-0.05, 0) is 12.8 Å². The molecule has 158 valence electrons. The Morgan fingerprint density at radius 1 is 0.815 bits per heavy atom. The first-order valence-corrected chi connectivity index (χ1v) is 12.1. The summed E-state index contributed by atoms with van der Waals surface area (Å²) in [5.41, 5.74) is 0. The van der Waals surface area contributed by atoms with Crippen LogP contribution >= 0.6 is 0 Å². The van der Waals surface area contributed by atoms with E-state index in [9.17, 15) is 17.8 Å². The number of hydrogen-bond acceptors (Lipinski definition) is 4. The topological polar surface area (TPSA) is 80.7 Å². The molecule has 0 spiro atoms. The fourth-order valence-corrected chi connectivity index (χ4v) is 3.78. The van der Waals surface area contributed by atoms with Crippen molar-refractivity contribution in [2.45, 2.75) is 115 Å². The molecule has 7 heteroatoms. The Morgan fingerprint density at radius 3 is 1.67 bits per heavy atom. The third-order valence-corrected chi connectivity index (χ3v) is 5.83. The van der Waals surface area contributed by atoms with Crippen molar-refractivity contribution in [3.63, 3.8) is 0 Å². The van der Waals surface area contributed by atoms with Gasteiger partial charge in [-0.1, -0.05) is 97.3 Å². The van der Waals surface area contributed by atoms with Crippen LogP contribution in [0.25, 0.3) is 0 Å². The fraction of sp³-hybridized carbons (Fsp3) is 0.950. The van der Waals surface area contributed by atoms with Crippen molar-refractivity contribution in [3.05, 3.63) is 0 Å². The molecular formula is C20H41NaO5S. The Kier molecular flexibility index (Phi) is 21.6. The summed E-state index contributed by atoms with van der Waals surface area (Å²) >= 11 is 0. The minimum Gasteiger partial charge on any atom is -1.00 e. The van der Waals surface area contributed by atoms with Gasteiger partial charge in [0.15, 0.2) is 5.25 Å². The van der Waals surface area contributed by atoms with Gasteiger partial charge in [-0.15, -0.1) is 0 Å². The molecule has 0 aromatic heterocycles. The van der Waals surface area contributed by atoms with Crippen LogP contribution in [0, 0.1) is 0 Å². The number of rotatable bonds is 18. The fourth-order valence-electron chi connectivity index (χ4n) is 3.00. The average Bonchev–Trinajstić information content (AvgIpc) is 2.58. The standard InChI is InChI=1S/C20H40O5S.Na.H/c1-3-5-7-9-10-11-12-13-14-15-17-19(26(22,23)24)20(21)25-18-16-8-6-4-2;;/h19H,3-18H2,1-2H3,(H,22,23,24);;/q;+1;-1. The SMILES string of the molecule is CCCCCCCCCCCCC(C(=O)OCCCCCC)S(=O)(=O)O.[H-].[Na+]. The van der Waals surface area contributed by atoms with Crippen LogP contribution in [0.3, 0.4) is 0 Å². The monoisotopic (exact) mass is 416 g/mol. The predicted octanol–water partition coefficient (Wildman–Crippen LogP) is 2.79. The van der Waals surface area contributed by atoms with Crippen molar-refractivity contribution in [1.82, 2.24) is 0 Å². The van der Waals surface area contributed by atoms with Crippen molar-refractivity contribution >= 4 is 16.1 Å². The Hall–Kier alpha value is 0.380. The molecule has 0 aromatic rings. The first-order chi connectivity index (χ1) is 12.4. The zero-order valence-corrected chi connectivity index (χ0v) is 20.7. The Labute approximate surface area is 190 Å². The molecule has 0 aliphatic carbocycles. The maximum atomic E-state index is 12.0. The van der Waals surface area contributed by atoms with Gasteiger partial charge in [-0.2, -0.15) is 8.42 Å². The van der Waals surface area contributed by atoms with Gasteiger partial charge in [0.05, 0.1) is 6.61 Å². The van der Waals surface area contributed by atoms with E-state index in [1.54, 1.807) is 0 Å².